The first-order chi connectivity index (χ1) is 12.0. The number of aliphatic carboxylic acids is 1. The molecule has 1 aromatic heterocycles. The van der Waals surface area contributed by atoms with E-state index in [1.807, 2.05) is 0 Å². The summed E-state index contributed by atoms with van der Waals surface area (Å²) in [7, 11) is -4.03. The molecule has 0 radical (unpaired) electrons. The maximum absolute atomic E-state index is 12.7. The summed E-state index contributed by atoms with van der Waals surface area (Å²) < 4.78 is 30.5. The van der Waals surface area contributed by atoms with Crippen LogP contribution in [0, 0.1) is 0 Å². The fourth-order valence-corrected chi connectivity index (χ4v) is 3.86. The number of hydrogen-bond acceptors (Lipinski definition) is 6. The molecule has 9 heteroatoms. The third-order valence-electron chi connectivity index (χ3n) is 3.31. The lowest BCUT2D eigenvalue weighted by molar-refractivity contribution is -0.138. The molecule has 0 bridgehead atoms. The zero-order valence-electron chi connectivity index (χ0n) is 14.6. The van der Waals surface area contributed by atoms with E-state index in [4.69, 9.17) is 4.74 Å². The first-order valence-electron chi connectivity index (χ1n) is 7.78. The Bertz CT molecular complexity index is 928. The van der Waals surface area contributed by atoms with Crippen molar-refractivity contribution in [1.82, 2.24) is 10.3 Å². The van der Waals surface area contributed by atoms with E-state index in [9.17, 15) is 23.1 Å². The van der Waals surface area contributed by atoms with Crippen molar-refractivity contribution < 1.29 is 27.9 Å². The van der Waals surface area contributed by atoms with Gasteiger partial charge in [-0.15, -0.1) is 0 Å². The fourth-order valence-electron chi connectivity index (χ4n) is 2.26. The van der Waals surface area contributed by atoms with Crippen molar-refractivity contribution >= 4 is 32.8 Å². The van der Waals surface area contributed by atoms with Gasteiger partial charge in [0.15, 0.2) is 9.84 Å². The van der Waals surface area contributed by atoms with Crippen LogP contribution in [0.5, 0.6) is 0 Å². The third-order valence-corrected chi connectivity index (χ3v) is 5.08. The van der Waals surface area contributed by atoms with E-state index in [1.54, 1.807) is 45.0 Å². The average molecular weight is 380 g/mol. The van der Waals surface area contributed by atoms with Gasteiger partial charge in [0.05, 0.1) is 16.2 Å². The van der Waals surface area contributed by atoms with Gasteiger partial charge in [0.1, 0.15) is 11.6 Å². The number of carboxylic acids is 1. The SMILES string of the molecule is CC(C)(C)OC(=O)N[C@H](CS(=O)(=O)c1cccc2cccnc12)C(=O)O. The molecule has 1 aromatic carbocycles. The topological polar surface area (TPSA) is 123 Å². The number of pyridine rings is 1. The van der Waals surface area contributed by atoms with Crippen LogP contribution in [-0.4, -0.2) is 48.0 Å². The van der Waals surface area contributed by atoms with Gasteiger partial charge in [-0.3, -0.25) is 4.98 Å². The van der Waals surface area contributed by atoms with Gasteiger partial charge in [-0.1, -0.05) is 18.2 Å². The maximum atomic E-state index is 12.7. The zero-order chi connectivity index (χ0) is 19.5. The Kier molecular flexibility index (Phi) is 5.50. The Labute approximate surface area is 151 Å². The second-order valence-corrected chi connectivity index (χ2v) is 8.65. The van der Waals surface area contributed by atoms with E-state index in [-0.39, 0.29) is 10.4 Å². The van der Waals surface area contributed by atoms with E-state index >= 15 is 0 Å². The summed E-state index contributed by atoms with van der Waals surface area (Å²) in [4.78, 5) is 27.2. The molecule has 1 heterocycles. The molecule has 1 atom stereocenters. The van der Waals surface area contributed by atoms with Crippen molar-refractivity contribution in [3.8, 4) is 0 Å². The summed E-state index contributed by atoms with van der Waals surface area (Å²) in [6, 6.07) is 6.33. The van der Waals surface area contributed by atoms with Gasteiger partial charge in [0.25, 0.3) is 0 Å². The predicted octanol–water partition coefficient (Wildman–Crippen LogP) is 1.99. The zero-order valence-corrected chi connectivity index (χ0v) is 15.4. The number of amides is 1. The molecular weight excluding hydrogens is 360 g/mol. The molecule has 0 unspecified atom stereocenters. The molecule has 0 aliphatic carbocycles. The predicted molar refractivity (Wildman–Crippen MR) is 94.6 cm³/mol. The molecule has 2 aromatic rings. The van der Waals surface area contributed by atoms with Crippen LogP contribution in [0.15, 0.2) is 41.4 Å². The molecule has 2 N–H and O–H groups in total. The fraction of sp³-hybridized carbons (Fsp3) is 0.353. The number of alkyl carbamates (subject to hydrolysis) is 1. The van der Waals surface area contributed by atoms with Crippen molar-refractivity contribution in [2.45, 2.75) is 37.3 Å². The third kappa shape index (κ3) is 4.92. The molecule has 0 aliphatic rings. The maximum Gasteiger partial charge on any atom is 0.408 e. The van der Waals surface area contributed by atoms with Crippen molar-refractivity contribution in [1.29, 1.82) is 0 Å². The van der Waals surface area contributed by atoms with Gasteiger partial charge < -0.3 is 15.2 Å². The van der Waals surface area contributed by atoms with E-state index < -0.39 is 39.3 Å². The monoisotopic (exact) mass is 380 g/mol. The highest BCUT2D eigenvalue weighted by atomic mass is 32.2. The summed E-state index contributed by atoms with van der Waals surface area (Å²) in [5.41, 5.74) is -0.595. The van der Waals surface area contributed by atoms with E-state index in [0.717, 1.165) is 0 Å². The minimum absolute atomic E-state index is 0.0900. The summed E-state index contributed by atoms with van der Waals surface area (Å²) in [6.07, 6.45) is 0.450. The molecule has 26 heavy (non-hydrogen) atoms. The van der Waals surface area contributed by atoms with Gasteiger partial charge >= 0.3 is 12.1 Å². The summed E-state index contributed by atoms with van der Waals surface area (Å²) in [5.74, 6) is -2.30. The Morgan fingerprint density at radius 3 is 2.50 bits per heavy atom. The molecule has 0 spiro atoms. The van der Waals surface area contributed by atoms with Crippen molar-refractivity contribution in [2.24, 2.45) is 0 Å². The lowest BCUT2D eigenvalue weighted by Crippen LogP contribution is -2.47. The number of carboxylic acid groups (broad SMARTS) is 1. The Hall–Kier alpha value is -2.68. The Morgan fingerprint density at radius 1 is 1.23 bits per heavy atom. The van der Waals surface area contributed by atoms with Crippen LogP contribution in [0.25, 0.3) is 10.9 Å². The number of carbonyl (C=O) groups excluding carboxylic acids is 1. The van der Waals surface area contributed by atoms with Crippen LogP contribution in [0.3, 0.4) is 0 Å². The number of ether oxygens (including phenoxy) is 1. The summed E-state index contributed by atoms with van der Waals surface area (Å²) in [6.45, 7) is 4.84. The molecule has 0 saturated heterocycles. The molecule has 0 saturated carbocycles. The van der Waals surface area contributed by atoms with Crippen molar-refractivity contribution in [3.05, 3.63) is 36.5 Å². The highest BCUT2D eigenvalue weighted by Crippen LogP contribution is 2.22. The second kappa shape index (κ2) is 7.28. The molecule has 0 aliphatic heterocycles. The molecule has 2 rings (SSSR count). The van der Waals surface area contributed by atoms with Crippen LogP contribution in [-0.2, 0) is 19.4 Å². The summed E-state index contributed by atoms with van der Waals surface area (Å²) >= 11 is 0. The van der Waals surface area contributed by atoms with Gasteiger partial charge in [-0.2, -0.15) is 0 Å². The first-order valence-corrected chi connectivity index (χ1v) is 9.44. The molecule has 0 fully saturated rings. The number of carbonyl (C=O) groups is 2. The Balaban J connectivity index is 2.29. The number of rotatable bonds is 5. The number of benzene rings is 1. The number of hydrogen-bond donors (Lipinski definition) is 2. The van der Waals surface area contributed by atoms with E-state index in [0.29, 0.717) is 5.39 Å². The molecule has 8 nitrogen and oxygen atoms in total. The minimum atomic E-state index is -4.03. The van der Waals surface area contributed by atoms with Crippen LogP contribution in [0.2, 0.25) is 0 Å². The minimum Gasteiger partial charge on any atom is -0.480 e. The van der Waals surface area contributed by atoms with Crippen molar-refractivity contribution in [2.75, 3.05) is 5.75 Å². The number of sulfone groups is 1. The quantitative estimate of drug-likeness (QED) is 0.813. The lowest BCUT2D eigenvalue weighted by Gasteiger charge is -2.22. The number of para-hydroxylation sites is 1. The highest BCUT2D eigenvalue weighted by molar-refractivity contribution is 7.91. The first kappa shape index (κ1) is 19.6. The van der Waals surface area contributed by atoms with Crippen LogP contribution in [0.1, 0.15) is 20.8 Å². The summed E-state index contributed by atoms with van der Waals surface area (Å²) in [5, 5.41) is 12.0. The van der Waals surface area contributed by atoms with E-state index in [2.05, 4.69) is 10.3 Å². The number of aromatic nitrogens is 1. The van der Waals surface area contributed by atoms with Gasteiger partial charge in [0.2, 0.25) is 0 Å². The highest BCUT2D eigenvalue weighted by Gasteiger charge is 2.31. The van der Waals surface area contributed by atoms with Gasteiger partial charge in [-0.25, -0.2) is 18.0 Å². The Morgan fingerprint density at radius 2 is 1.88 bits per heavy atom. The average Bonchev–Trinajstić information content (AvgIpc) is 2.51. The van der Waals surface area contributed by atoms with Gasteiger partial charge in [-0.05, 0) is 32.9 Å². The number of nitrogens with zero attached hydrogens (tertiary/aromatic N) is 1. The molecular formula is C17H20N2O6S. The van der Waals surface area contributed by atoms with E-state index in [1.165, 1.54) is 12.3 Å². The van der Waals surface area contributed by atoms with Crippen LogP contribution in [0.4, 0.5) is 4.79 Å². The standard InChI is InChI=1S/C17H20N2O6S/c1-17(2,3)25-16(22)19-12(15(20)21)10-26(23,24)13-8-4-6-11-7-5-9-18-14(11)13/h4-9,12H,10H2,1-3H3,(H,19,22)(H,20,21)/t12-/m1/s1. The van der Waals surface area contributed by atoms with Crippen LogP contribution < -0.4 is 5.32 Å². The number of fused-ring (bicyclic) bond motifs is 1. The number of nitrogens with one attached hydrogen (secondary N) is 1. The van der Waals surface area contributed by atoms with Gasteiger partial charge in [0, 0.05) is 11.6 Å². The largest absolute Gasteiger partial charge is 0.480 e. The van der Waals surface area contributed by atoms with Crippen LogP contribution >= 0.6 is 0 Å². The molecule has 1 amide bonds. The van der Waals surface area contributed by atoms with Crippen molar-refractivity contribution in [3.63, 3.8) is 0 Å². The second-order valence-electron chi connectivity index (χ2n) is 6.65. The normalized spacial score (nSPS) is 13.2. The molecule has 140 valence electrons. The lowest BCUT2D eigenvalue weighted by atomic mass is 10.2. The smallest absolute Gasteiger partial charge is 0.408 e.